The molecular weight excluding hydrogens is 476 g/mol. The van der Waals surface area contributed by atoms with Gasteiger partial charge in [-0.3, -0.25) is 0 Å². The van der Waals surface area contributed by atoms with Gasteiger partial charge in [-0.1, -0.05) is 18.2 Å². The van der Waals surface area contributed by atoms with Crippen molar-refractivity contribution in [3.05, 3.63) is 65.0 Å². The summed E-state index contributed by atoms with van der Waals surface area (Å²) in [5, 5.41) is 2.82. The Kier molecular flexibility index (Phi) is 8.35. The smallest absolute Gasteiger partial charge is 0.381 e. The molecule has 0 radical (unpaired) electrons. The summed E-state index contributed by atoms with van der Waals surface area (Å²) in [5.41, 5.74) is 0.720. The molecule has 0 spiro atoms. The van der Waals surface area contributed by atoms with Crippen LogP contribution in [0.1, 0.15) is 29.5 Å². The van der Waals surface area contributed by atoms with Gasteiger partial charge in [0, 0.05) is 63.2 Å². The van der Waals surface area contributed by atoms with Crippen LogP contribution in [0.2, 0.25) is 0 Å². The molecule has 0 unspecified atom stereocenters. The Hall–Kier alpha value is -2.85. The van der Waals surface area contributed by atoms with Crippen molar-refractivity contribution in [2.45, 2.75) is 38.1 Å². The van der Waals surface area contributed by atoms with Crippen LogP contribution in [0.15, 0.2) is 42.5 Å². The number of hydrogen-bond acceptors (Lipinski definition) is 4. The third-order valence-corrected chi connectivity index (χ3v) is 6.87. The fourth-order valence-corrected chi connectivity index (χ4v) is 4.71. The number of anilines is 1. The number of carbonyl (C=O) groups excluding carboxylic acids is 1. The van der Waals surface area contributed by atoms with Crippen LogP contribution in [0.5, 0.6) is 0 Å². The predicted octanol–water partition coefficient (Wildman–Crippen LogP) is 4.49. The molecule has 36 heavy (non-hydrogen) atoms. The van der Waals surface area contributed by atoms with Crippen LogP contribution >= 0.6 is 0 Å². The zero-order chi connectivity index (χ0) is 25.7. The molecule has 2 fully saturated rings. The summed E-state index contributed by atoms with van der Waals surface area (Å²) in [5.74, 6) is -0.405. The number of likely N-dealkylation sites (N-methyl/N-ethyl adjacent to an activating group) is 1. The van der Waals surface area contributed by atoms with Gasteiger partial charge in [0.15, 0.2) is 0 Å². The first-order chi connectivity index (χ1) is 17.2. The minimum Gasteiger partial charge on any atom is -0.381 e. The van der Waals surface area contributed by atoms with Crippen molar-refractivity contribution in [3.8, 4) is 0 Å². The van der Waals surface area contributed by atoms with Crippen LogP contribution in [0.25, 0.3) is 0 Å². The summed E-state index contributed by atoms with van der Waals surface area (Å²) in [6, 6.07) is 9.38. The molecule has 4 rings (SSSR count). The molecule has 10 heteroatoms. The SMILES string of the molecule is CN1CCN(c2ccc(C(F)(F)F)cc2CNC(=O)N(Cc2ccccc2F)C2CCOCC2)CC1. The molecule has 0 saturated carbocycles. The highest BCUT2D eigenvalue weighted by Crippen LogP contribution is 2.33. The molecule has 0 aliphatic carbocycles. The molecule has 2 aromatic rings. The molecule has 0 aromatic heterocycles. The summed E-state index contributed by atoms with van der Waals surface area (Å²) in [6.07, 6.45) is -3.27. The molecule has 2 aromatic carbocycles. The summed E-state index contributed by atoms with van der Waals surface area (Å²) in [6.45, 7) is 3.95. The van der Waals surface area contributed by atoms with Gasteiger partial charge < -0.3 is 24.8 Å². The maximum absolute atomic E-state index is 14.4. The van der Waals surface area contributed by atoms with Crippen LogP contribution in [-0.4, -0.2) is 68.3 Å². The van der Waals surface area contributed by atoms with Gasteiger partial charge in [-0.25, -0.2) is 9.18 Å². The topological polar surface area (TPSA) is 48.0 Å². The van der Waals surface area contributed by atoms with Gasteiger partial charge in [0.25, 0.3) is 0 Å². The molecule has 1 N–H and O–H groups in total. The largest absolute Gasteiger partial charge is 0.416 e. The van der Waals surface area contributed by atoms with Crippen LogP contribution < -0.4 is 10.2 Å². The van der Waals surface area contributed by atoms with Gasteiger partial charge in [0.2, 0.25) is 0 Å². The zero-order valence-electron chi connectivity index (χ0n) is 20.4. The molecule has 2 amide bonds. The lowest BCUT2D eigenvalue weighted by Crippen LogP contribution is -2.48. The summed E-state index contributed by atoms with van der Waals surface area (Å²) >= 11 is 0. The van der Waals surface area contributed by atoms with Gasteiger partial charge in [0.05, 0.1) is 12.1 Å². The minimum absolute atomic E-state index is 0.0665. The van der Waals surface area contributed by atoms with Crippen molar-refractivity contribution in [3.63, 3.8) is 0 Å². The van der Waals surface area contributed by atoms with Crippen molar-refractivity contribution in [1.82, 2.24) is 15.1 Å². The lowest BCUT2D eigenvalue weighted by molar-refractivity contribution is -0.137. The third-order valence-electron chi connectivity index (χ3n) is 6.87. The van der Waals surface area contributed by atoms with E-state index in [9.17, 15) is 22.4 Å². The van der Waals surface area contributed by atoms with Crippen molar-refractivity contribution in [2.24, 2.45) is 0 Å². The minimum atomic E-state index is -4.49. The average Bonchev–Trinajstić information content (AvgIpc) is 2.87. The Morgan fingerprint density at radius 3 is 2.42 bits per heavy atom. The van der Waals surface area contributed by atoms with Crippen LogP contribution in [0, 0.1) is 5.82 Å². The van der Waals surface area contributed by atoms with E-state index >= 15 is 0 Å². The number of alkyl halides is 3. The molecule has 0 bridgehead atoms. The molecule has 2 aliphatic rings. The van der Waals surface area contributed by atoms with E-state index in [4.69, 9.17) is 4.74 Å². The van der Waals surface area contributed by atoms with Gasteiger partial charge in [-0.2, -0.15) is 13.2 Å². The Morgan fingerprint density at radius 1 is 1.06 bits per heavy atom. The molecule has 2 aliphatic heterocycles. The van der Waals surface area contributed by atoms with Gasteiger partial charge in [-0.15, -0.1) is 0 Å². The summed E-state index contributed by atoms with van der Waals surface area (Å²) in [7, 11) is 2.01. The van der Waals surface area contributed by atoms with E-state index in [0.29, 0.717) is 56.0 Å². The maximum Gasteiger partial charge on any atom is 0.416 e. The third kappa shape index (κ3) is 6.47. The normalized spacial score (nSPS) is 17.8. The van der Waals surface area contributed by atoms with E-state index in [-0.39, 0.29) is 19.1 Å². The van der Waals surface area contributed by atoms with E-state index in [1.54, 1.807) is 23.1 Å². The molecule has 2 heterocycles. The van der Waals surface area contributed by atoms with Crippen LogP contribution in [-0.2, 0) is 24.0 Å². The second-order valence-electron chi connectivity index (χ2n) is 9.35. The van der Waals surface area contributed by atoms with Gasteiger partial charge >= 0.3 is 12.2 Å². The quantitative estimate of drug-likeness (QED) is 0.585. The van der Waals surface area contributed by atoms with Gasteiger partial charge in [0.1, 0.15) is 5.82 Å². The molecule has 6 nitrogen and oxygen atoms in total. The first-order valence-corrected chi connectivity index (χ1v) is 12.2. The molecule has 196 valence electrons. The molecule has 2 saturated heterocycles. The second kappa shape index (κ2) is 11.5. The highest BCUT2D eigenvalue weighted by atomic mass is 19.4. The van der Waals surface area contributed by atoms with E-state index in [0.717, 1.165) is 25.2 Å². The monoisotopic (exact) mass is 508 g/mol. The first kappa shape index (κ1) is 26.2. The number of rotatable bonds is 6. The van der Waals surface area contributed by atoms with E-state index < -0.39 is 23.6 Å². The lowest BCUT2D eigenvalue weighted by Gasteiger charge is -2.36. The number of benzene rings is 2. The van der Waals surface area contributed by atoms with E-state index in [1.165, 1.54) is 12.1 Å². The standard InChI is InChI=1S/C26H32F4N4O2/c1-32-10-12-33(13-11-32)24-7-6-21(26(28,29)30)16-20(24)17-31-25(35)34(22-8-14-36-15-9-22)18-19-4-2-3-5-23(19)27/h2-7,16,22H,8-15,17-18H2,1H3,(H,31,35). The van der Waals surface area contributed by atoms with Crippen molar-refractivity contribution < 1.29 is 27.1 Å². The molecule has 0 atom stereocenters. The Balaban J connectivity index is 1.55. The second-order valence-corrected chi connectivity index (χ2v) is 9.35. The van der Waals surface area contributed by atoms with Gasteiger partial charge in [-0.05, 0) is 49.7 Å². The zero-order valence-corrected chi connectivity index (χ0v) is 20.4. The Bertz CT molecular complexity index is 1030. The number of ether oxygens (including phenoxy) is 1. The van der Waals surface area contributed by atoms with Crippen LogP contribution in [0.3, 0.4) is 0 Å². The van der Waals surface area contributed by atoms with Crippen molar-refractivity contribution in [2.75, 3.05) is 51.3 Å². The number of urea groups is 1. The Morgan fingerprint density at radius 2 is 1.75 bits per heavy atom. The predicted molar refractivity (Wildman–Crippen MR) is 129 cm³/mol. The average molecular weight is 509 g/mol. The summed E-state index contributed by atoms with van der Waals surface area (Å²) in [4.78, 5) is 19.1. The highest BCUT2D eigenvalue weighted by Gasteiger charge is 2.32. The van der Waals surface area contributed by atoms with Crippen molar-refractivity contribution in [1.29, 1.82) is 0 Å². The molecular formula is C26H32F4N4O2. The number of piperazine rings is 1. The van der Waals surface area contributed by atoms with E-state index in [1.807, 2.05) is 7.05 Å². The number of halogens is 4. The summed E-state index contributed by atoms with van der Waals surface area (Å²) < 4.78 is 60.2. The first-order valence-electron chi connectivity index (χ1n) is 12.2. The van der Waals surface area contributed by atoms with Crippen molar-refractivity contribution >= 4 is 11.7 Å². The number of nitrogens with zero attached hydrogens (tertiary/aromatic N) is 3. The number of hydrogen-bond donors (Lipinski definition) is 1. The fraction of sp³-hybridized carbons (Fsp3) is 0.500. The Labute approximate surface area is 208 Å². The number of amides is 2. The number of carbonyl (C=O) groups is 1. The fourth-order valence-electron chi connectivity index (χ4n) is 4.71. The number of nitrogens with one attached hydrogen (secondary N) is 1. The van der Waals surface area contributed by atoms with E-state index in [2.05, 4.69) is 15.1 Å². The highest BCUT2D eigenvalue weighted by molar-refractivity contribution is 5.75. The maximum atomic E-state index is 14.4. The lowest BCUT2D eigenvalue weighted by atomic mass is 10.1. The van der Waals surface area contributed by atoms with Crippen LogP contribution in [0.4, 0.5) is 28.0 Å².